The van der Waals surface area contributed by atoms with Crippen LogP contribution in [0.5, 0.6) is 5.75 Å². The van der Waals surface area contributed by atoms with Crippen LogP contribution in [0.25, 0.3) is 5.57 Å². The lowest BCUT2D eigenvalue weighted by Gasteiger charge is -2.22. The summed E-state index contributed by atoms with van der Waals surface area (Å²) in [4.78, 5) is 30.8. The maximum Gasteiger partial charge on any atom is 0.282 e. The minimum Gasteiger partial charge on any atom is -0.496 e. The van der Waals surface area contributed by atoms with E-state index in [2.05, 4.69) is 6.07 Å². The molecule has 5 heteroatoms. The summed E-state index contributed by atoms with van der Waals surface area (Å²) in [7, 11) is 1.57. The van der Waals surface area contributed by atoms with E-state index in [-0.39, 0.29) is 11.8 Å². The summed E-state index contributed by atoms with van der Waals surface area (Å²) in [6.45, 7) is 2.59. The zero-order valence-electron chi connectivity index (χ0n) is 17.5. The number of aryl methyl sites for hydroxylation is 1. The molecule has 0 spiro atoms. The lowest BCUT2D eigenvalue weighted by molar-refractivity contribution is -0.120. The Kier molecular flexibility index (Phi) is 4.59. The number of anilines is 2. The van der Waals surface area contributed by atoms with E-state index in [9.17, 15) is 9.59 Å². The van der Waals surface area contributed by atoms with Gasteiger partial charge in [0.25, 0.3) is 11.8 Å². The first kappa shape index (κ1) is 19.1. The van der Waals surface area contributed by atoms with Gasteiger partial charge in [-0.15, -0.1) is 0 Å². The topological polar surface area (TPSA) is 49.9 Å². The van der Waals surface area contributed by atoms with Crippen LogP contribution in [-0.2, 0) is 16.0 Å². The Morgan fingerprint density at radius 1 is 0.871 bits per heavy atom. The first-order valence-corrected chi connectivity index (χ1v) is 10.3. The van der Waals surface area contributed by atoms with Crippen molar-refractivity contribution in [1.82, 2.24) is 0 Å². The van der Waals surface area contributed by atoms with E-state index in [4.69, 9.17) is 4.74 Å². The SMILES string of the molecule is COc1ccccc1C1=C(N2CCc3ccccc32)C(=O)N(c2cccc(C)c2)C1=O. The second kappa shape index (κ2) is 7.43. The van der Waals surface area contributed by atoms with Gasteiger partial charge in [-0.3, -0.25) is 9.59 Å². The molecular weight excluding hydrogens is 388 g/mol. The lowest BCUT2D eigenvalue weighted by Crippen LogP contribution is -2.34. The summed E-state index contributed by atoms with van der Waals surface area (Å²) >= 11 is 0. The van der Waals surface area contributed by atoms with E-state index >= 15 is 0 Å². The standard InChI is InChI=1S/C26H22N2O3/c1-17-8-7-10-19(16-17)28-25(29)23(20-11-4-6-13-22(20)31-2)24(26(28)30)27-15-14-18-9-3-5-12-21(18)27/h3-13,16H,14-15H2,1-2H3. The van der Waals surface area contributed by atoms with E-state index in [1.165, 1.54) is 10.5 Å². The fraction of sp³-hybridized carbons (Fsp3) is 0.154. The van der Waals surface area contributed by atoms with Gasteiger partial charge in [0, 0.05) is 17.8 Å². The molecule has 2 aliphatic heterocycles. The van der Waals surface area contributed by atoms with E-state index in [1.807, 2.05) is 72.5 Å². The number of nitrogens with zero attached hydrogens (tertiary/aromatic N) is 2. The highest BCUT2D eigenvalue weighted by Gasteiger charge is 2.44. The minimum atomic E-state index is -0.334. The number of para-hydroxylation sites is 2. The molecule has 3 aromatic carbocycles. The molecule has 0 saturated carbocycles. The average Bonchev–Trinajstić information content (AvgIpc) is 3.31. The molecule has 5 rings (SSSR count). The second-order valence-corrected chi connectivity index (χ2v) is 7.74. The molecule has 0 bridgehead atoms. The van der Waals surface area contributed by atoms with Gasteiger partial charge in [-0.2, -0.15) is 0 Å². The van der Waals surface area contributed by atoms with Crippen LogP contribution in [0.4, 0.5) is 11.4 Å². The number of hydrogen-bond acceptors (Lipinski definition) is 4. The number of carbonyl (C=O) groups is 2. The number of rotatable bonds is 4. The number of amides is 2. The highest BCUT2D eigenvalue weighted by molar-refractivity contribution is 6.46. The zero-order chi connectivity index (χ0) is 21.5. The monoisotopic (exact) mass is 410 g/mol. The summed E-state index contributed by atoms with van der Waals surface area (Å²) in [5.41, 5.74) is 5.10. The zero-order valence-corrected chi connectivity index (χ0v) is 17.5. The Morgan fingerprint density at radius 2 is 1.65 bits per heavy atom. The molecule has 0 aliphatic carbocycles. The number of imide groups is 1. The number of ether oxygens (including phenoxy) is 1. The molecule has 0 aromatic heterocycles. The summed E-state index contributed by atoms with van der Waals surface area (Å²) < 4.78 is 5.55. The molecule has 0 fully saturated rings. The fourth-order valence-corrected chi connectivity index (χ4v) is 4.43. The Labute approximate surface area is 181 Å². The Morgan fingerprint density at radius 3 is 2.45 bits per heavy atom. The van der Waals surface area contributed by atoms with Crippen molar-refractivity contribution >= 4 is 28.8 Å². The van der Waals surface area contributed by atoms with E-state index in [1.54, 1.807) is 13.2 Å². The third kappa shape index (κ3) is 3.01. The summed E-state index contributed by atoms with van der Waals surface area (Å²) in [6.07, 6.45) is 0.824. The van der Waals surface area contributed by atoms with Gasteiger partial charge in [0.05, 0.1) is 18.4 Å². The van der Waals surface area contributed by atoms with Crippen LogP contribution >= 0.6 is 0 Å². The summed E-state index contributed by atoms with van der Waals surface area (Å²) in [5.74, 6) is -0.0811. The molecule has 154 valence electrons. The number of hydrogen-bond donors (Lipinski definition) is 0. The summed E-state index contributed by atoms with van der Waals surface area (Å²) in [5, 5.41) is 0. The van der Waals surface area contributed by atoms with Crippen molar-refractivity contribution < 1.29 is 14.3 Å². The predicted octanol–water partition coefficient (Wildman–Crippen LogP) is 4.35. The molecule has 2 amide bonds. The van der Waals surface area contributed by atoms with Gasteiger partial charge in [-0.25, -0.2) is 4.90 Å². The van der Waals surface area contributed by atoms with Crippen molar-refractivity contribution in [2.24, 2.45) is 0 Å². The molecule has 5 nitrogen and oxygen atoms in total. The van der Waals surface area contributed by atoms with Crippen molar-refractivity contribution in [2.45, 2.75) is 13.3 Å². The van der Waals surface area contributed by atoms with Gasteiger partial charge in [-0.05, 0) is 48.7 Å². The molecule has 0 unspecified atom stereocenters. The maximum atomic E-state index is 13.8. The number of carbonyl (C=O) groups excluding carboxylic acids is 2. The number of methoxy groups -OCH3 is 1. The molecule has 31 heavy (non-hydrogen) atoms. The van der Waals surface area contributed by atoms with Gasteiger partial charge in [0.2, 0.25) is 0 Å². The van der Waals surface area contributed by atoms with Crippen LogP contribution in [0.15, 0.2) is 78.5 Å². The summed E-state index contributed by atoms with van der Waals surface area (Å²) in [6, 6.07) is 22.8. The molecule has 0 atom stereocenters. The highest BCUT2D eigenvalue weighted by atomic mass is 16.5. The molecule has 3 aromatic rings. The van der Waals surface area contributed by atoms with Crippen LogP contribution in [0, 0.1) is 6.92 Å². The predicted molar refractivity (Wildman–Crippen MR) is 121 cm³/mol. The fourth-order valence-electron chi connectivity index (χ4n) is 4.43. The van der Waals surface area contributed by atoms with Gasteiger partial charge >= 0.3 is 0 Å². The van der Waals surface area contributed by atoms with Crippen LogP contribution in [0.3, 0.4) is 0 Å². The molecule has 0 radical (unpaired) electrons. The maximum absolute atomic E-state index is 13.8. The van der Waals surface area contributed by atoms with Crippen LogP contribution in [0.2, 0.25) is 0 Å². The van der Waals surface area contributed by atoms with E-state index in [0.29, 0.717) is 34.8 Å². The molecule has 0 saturated heterocycles. The third-order valence-electron chi connectivity index (χ3n) is 5.85. The molecular formula is C26H22N2O3. The first-order chi connectivity index (χ1) is 15.1. The van der Waals surface area contributed by atoms with E-state index in [0.717, 1.165) is 17.7 Å². The van der Waals surface area contributed by atoms with Crippen LogP contribution in [0.1, 0.15) is 16.7 Å². The van der Waals surface area contributed by atoms with Crippen molar-refractivity contribution in [3.63, 3.8) is 0 Å². The third-order valence-corrected chi connectivity index (χ3v) is 5.85. The van der Waals surface area contributed by atoms with Gasteiger partial charge in [0.15, 0.2) is 0 Å². The number of fused-ring (bicyclic) bond motifs is 1. The van der Waals surface area contributed by atoms with Crippen molar-refractivity contribution in [3.8, 4) is 5.75 Å². The lowest BCUT2D eigenvalue weighted by atomic mass is 10.0. The normalized spacial score (nSPS) is 15.7. The van der Waals surface area contributed by atoms with E-state index < -0.39 is 0 Å². The molecule has 0 N–H and O–H groups in total. The molecule has 2 heterocycles. The first-order valence-electron chi connectivity index (χ1n) is 10.3. The minimum absolute atomic E-state index is 0.312. The van der Waals surface area contributed by atoms with Gasteiger partial charge < -0.3 is 9.64 Å². The van der Waals surface area contributed by atoms with Crippen molar-refractivity contribution in [1.29, 1.82) is 0 Å². The van der Waals surface area contributed by atoms with Gasteiger partial charge in [-0.1, -0.05) is 48.5 Å². The molecule has 2 aliphatic rings. The van der Waals surface area contributed by atoms with Crippen LogP contribution in [-0.4, -0.2) is 25.5 Å². The Balaban J connectivity index is 1.72. The van der Waals surface area contributed by atoms with Crippen molar-refractivity contribution in [2.75, 3.05) is 23.5 Å². The average molecular weight is 410 g/mol. The van der Waals surface area contributed by atoms with Gasteiger partial charge in [0.1, 0.15) is 11.4 Å². The second-order valence-electron chi connectivity index (χ2n) is 7.74. The quantitative estimate of drug-likeness (QED) is 0.600. The van der Waals surface area contributed by atoms with Crippen LogP contribution < -0.4 is 14.5 Å². The largest absolute Gasteiger partial charge is 0.496 e. The Bertz CT molecular complexity index is 1240. The smallest absolute Gasteiger partial charge is 0.282 e. The number of benzene rings is 3. The highest BCUT2D eigenvalue weighted by Crippen LogP contribution is 2.42. The Hall–Kier alpha value is -3.86. The van der Waals surface area contributed by atoms with Crippen molar-refractivity contribution in [3.05, 3.63) is 95.2 Å².